The molecular formula is C7H11N. The zero-order chi connectivity index (χ0) is 6.24. The molecule has 0 rings (SSSR count). The lowest BCUT2D eigenvalue weighted by molar-refractivity contribution is 0.856. The van der Waals surface area contributed by atoms with Crippen molar-refractivity contribution < 1.29 is 0 Å². The zero-order valence-corrected chi connectivity index (χ0v) is 5.15. The van der Waals surface area contributed by atoms with Gasteiger partial charge in [-0.15, -0.1) is 6.42 Å². The smallest absolute Gasteiger partial charge is 0.0576 e. The van der Waals surface area contributed by atoms with Gasteiger partial charge in [0.25, 0.3) is 0 Å². The topological polar surface area (TPSA) is 12.0 Å². The summed E-state index contributed by atoms with van der Waals surface area (Å²) in [7, 11) is 0. The molecule has 0 saturated carbocycles. The summed E-state index contributed by atoms with van der Waals surface area (Å²) in [5.74, 6) is 2.48. The van der Waals surface area contributed by atoms with Gasteiger partial charge in [-0.05, 0) is 6.92 Å². The summed E-state index contributed by atoms with van der Waals surface area (Å²) >= 11 is 0. The Morgan fingerprint density at radius 1 is 1.75 bits per heavy atom. The molecule has 8 heavy (non-hydrogen) atoms. The van der Waals surface area contributed by atoms with E-state index in [1.807, 2.05) is 19.1 Å². The van der Waals surface area contributed by atoms with Gasteiger partial charge in [-0.3, -0.25) is 0 Å². The largest absolute Gasteiger partial charge is 0.303 e. The SMILES string of the molecule is C#CCNCC=CC. The summed E-state index contributed by atoms with van der Waals surface area (Å²) in [6, 6.07) is 0. The number of hydrogen-bond donors (Lipinski definition) is 1. The highest BCUT2D eigenvalue weighted by Crippen LogP contribution is 1.64. The Morgan fingerprint density at radius 3 is 3.00 bits per heavy atom. The van der Waals surface area contributed by atoms with Gasteiger partial charge in [-0.25, -0.2) is 0 Å². The maximum absolute atomic E-state index is 4.97. The Kier molecular flexibility index (Phi) is 5.68. The fraction of sp³-hybridized carbons (Fsp3) is 0.429. The van der Waals surface area contributed by atoms with Crippen molar-refractivity contribution in [2.75, 3.05) is 13.1 Å². The number of terminal acetylenes is 1. The van der Waals surface area contributed by atoms with Gasteiger partial charge >= 0.3 is 0 Å². The maximum atomic E-state index is 4.97. The Morgan fingerprint density at radius 2 is 2.50 bits per heavy atom. The van der Waals surface area contributed by atoms with Crippen molar-refractivity contribution in [3.8, 4) is 12.3 Å². The Bertz CT molecular complexity index is 97.4. The van der Waals surface area contributed by atoms with Gasteiger partial charge in [0.15, 0.2) is 0 Å². The summed E-state index contributed by atoms with van der Waals surface area (Å²) in [5.41, 5.74) is 0. The Hall–Kier alpha value is -0.740. The summed E-state index contributed by atoms with van der Waals surface area (Å²) in [4.78, 5) is 0. The first-order chi connectivity index (χ1) is 3.91. The Labute approximate surface area is 50.8 Å². The number of nitrogens with one attached hydrogen (secondary N) is 1. The first-order valence-corrected chi connectivity index (χ1v) is 2.67. The van der Waals surface area contributed by atoms with Crippen LogP contribution in [-0.2, 0) is 0 Å². The zero-order valence-electron chi connectivity index (χ0n) is 5.15. The molecular weight excluding hydrogens is 98.1 g/mol. The third-order valence-electron chi connectivity index (χ3n) is 0.725. The molecule has 0 aliphatic carbocycles. The molecule has 0 amide bonds. The van der Waals surface area contributed by atoms with Gasteiger partial charge in [0, 0.05) is 6.54 Å². The van der Waals surface area contributed by atoms with Gasteiger partial charge in [-0.2, -0.15) is 0 Å². The molecule has 1 heteroatoms. The van der Waals surface area contributed by atoms with E-state index < -0.39 is 0 Å². The second kappa shape index (κ2) is 6.26. The van der Waals surface area contributed by atoms with Crippen LogP contribution in [0.5, 0.6) is 0 Å². The van der Waals surface area contributed by atoms with Crippen LogP contribution < -0.4 is 5.32 Å². The van der Waals surface area contributed by atoms with Crippen molar-refractivity contribution in [2.24, 2.45) is 0 Å². The van der Waals surface area contributed by atoms with Gasteiger partial charge in [0.2, 0.25) is 0 Å². The molecule has 0 atom stereocenters. The lowest BCUT2D eigenvalue weighted by Crippen LogP contribution is -2.12. The number of allylic oxidation sites excluding steroid dienone is 1. The Balaban J connectivity index is 2.85. The van der Waals surface area contributed by atoms with Gasteiger partial charge in [0.05, 0.1) is 6.54 Å². The van der Waals surface area contributed by atoms with Crippen molar-refractivity contribution in [1.82, 2.24) is 5.32 Å². The molecule has 0 aromatic carbocycles. The summed E-state index contributed by atoms with van der Waals surface area (Å²) in [6.07, 6.45) is 8.99. The predicted octanol–water partition coefficient (Wildman–Crippen LogP) is 0.785. The molecule has 0 bridgehead atoms. The van der Waals surface area contributed by atoms with Crippen LogP contribution in [0.1, 0.15) is 6.92 Å². The van der Waals surface area contributed by atoms with E-state index in [1.165, 1.54) is 0 Å². The van der Waals surface area contributed by atoms with E-state index in [0.29, 0.717) is 6.54 Å². The lowest BCUT2D eigenvalue weighted by Gasteiger charge is -1.89. The molecule has 0 spiro atoms. The quantitative estimate of drug-likeness (QED) is 0.321. The van der Waals surface area contributed by atoms with E-state index in [1.54, 1.807) is 0 Å². The van der Waals surface area contributed by atoms with Crippen LogP contribution in [0.25, 0.3) is 0 Å². The standard InChI is InChI=1S/C7H11N/c1-3-5-7-8-6-4-2/h2-3,5,8H,6-7H2,1H3. The number of hydrogen-bond acceptors (Lipinski definition) is 1. The highest BCUT2D eigenvalue weighted by atomic mass is 14.8. The molecule has 44 valence electrons. The molecule has 1 nitrogen and oxygen atoms in total. The van der Waals surface area contributed by atoms with E-state index in [9.17, 15) is 0 Å². The highest BCUT2D eigenvalue weighted by molar-refractivity contribution is 4.89. The van der Waals surface area contributed by atoms with Gasteiger partial charge < -0.3 is 5.32 Å². The first kappa shape index (κ1) is 7.26. The van der Waals surface area contributed by atoms with Crippen LogP contribution in [0.3, 0.4) is 0 Å². The van der Waals surface area contributed by atoms with E-state index in [2.05, 4.69) is 11.2 Å². The summed E-state index contributed by atoms with van der Waals surface area (Å²) < 4.78 is 0. The minimum atomic E-state index is 0.657. The van der Waals surface area contributed by atoms with Crippen LogP contribution in [0.15, 0.2) is 12.2 Å². The first-order valence-electron chi connectivity index (χ1n) is 2.67. The monoisotopic (exact) mass is 109 g/mol. The highest BCUT2D eigenvalue weighted by Gasteiger charge is 1.71. The van der Waals surface area contributed by atoms with Crippen LogP contribution in [0, 0.1) is 12.3 Å². The molecule has 0 aliphatic rings. The molecule has 0 aliphatic heterocycles. The van der Waals surface area contributed by atoms with E-state index in [0.717, 1.165) is 6.54 Å². The molecule has 0 aromatic heterocycles. The normalized spacial score (nSPS) is 9.50. The molecule has 0 saturated heterocycles. The number of rotatable bonds is 3. The average Bonchev–Trinajstić information content (AvgIpc) is 1.81. The van der Waals surface area contributed by atoms with E-state index >= 15 is 0 Å². The predicted molar refractivity (Wildman–Crippen MR) is 36.5 cm³/mol. The third-order valence-corrected chi connectivity index (χ3v) is 0.725. The molecule has 0 unspecified atom stereocenters. The van der Waals surface area contributed by atoms with Crippen LogP contribution in [0.4, 0.5) is 0 Å². The van der Waals surface area contributed by atoms with Gasteiger partial charge in [0.1, 0.15) is 0 Å². The minimum absolute atomic E-state index is 0.657. The van der Waals surface area contributed by atoms with E-state index in [-0.39, 0.29) is 0 Å². The summed E-state index contributed by atoms with van der Waals surface area (Å²) in [5, 5.41) is 3.01. The minimum Gasteiger partial charge on any atom is -0.303 e. The maximum Gasteiger partial charge on any atom is 0.0576 e. The summed E-state index contributed by atoms with van der Waals surface area (Å²) in [6.45, 7) is 3.52. The van der Waals surface area contributed by atoms with Crippen molar-refractivity contribution in [2.45, 2.75) is 6.92 Å². The molecule has 0 fully saturated rings. The molecule has 0 heterocycles. The van der Waals surface area contributed by atoms with Gasteiger partial charge in [-0.1, -0.05) is 18.1 Å². The van der Waals surface area contributed by atoms with Crippen molar-refractivity contribution in [3.63, 3.8) is 0 Å². The third kappa shape index (κ3) is 5.26. The second-order valence-electron chi connectivity index (χ2n) is 1.40. The molecule has 1 N–H and O–H groups in total. The van der Waals surface area contributed by atoms with E-state index in [4.69, 9.17) is 6.42 Å². The molecule has 0 radical (unpaired) electrons. The fourth-order valence-corrected chi connectivity index (χ4v) is 0.346. The van der Waals surface area contributed by atoms with Crippen molar-refractivity contribution in [3.05, 3.63) is 12.2 Å². The molecule has 0 aromatic rings. The van der Waals surface area contributed by atoms with Crippen LogP contribution in [-0.4, -0.2) is 13.1 Å². The van der Waals surface area contributed by atoms with Crippen molar-refractivity contribution in [1.29, 1.82) is 0 Å². The van der Waals surface area contributed by atoms with Crippen LogP contribution >= 0.6 is 0 Å². The van der Waals surface area contributed by atoms with Crippen molar-refractivity contribution >= 4 is 0 Å². The lowest BCUT2D eigenvalue weighted by atomic mass is 10.5. The second-order valence-corrected chi connectivity index (χ2v) is 1.40. The van der Waals surface area contributed by atoms with Crippen LogP contribution in [0.2, 0.25) is 0 Å². The fourth-order valence-electron chi connectivity index (χ4n) is 0.346. The average molecular weight is 109 g/mol.